The number of hydrogen-bond donors (Lipinski definition) is 2. The summed E-state index contributed by atoms with van der Waals surface area (Å²) in [6, 6.07) is 18.5. The third-order valence-corrected chi connectivity index (χ3v) is 4.28. The first kappa shape index (κ1) is 15.3. The Morgan fingerprint density at radius 1 is 1.00 bits per heavy atom. The van der Waals surface area contributed by atoms with Crippen LogP contribution in [-0.4, -0.2) is 19.0 Å². The molecule has 3 aromatic rings. The van der Waals surface area contributed by atoms with E-state index in [1.807, 2.05) is 35.7 Å². The lowest BCUT2D eigenvalue weighted by atomic mass is 10.1. The van der Waals surface area contributed by atoms with Crippen molar-refractivity contribution in [2.24, 2.45) is 0 Å². The normalized spacial score (nSPS) is 11.0. The Bertz CT molecular complexity index is 809. The van der Waals surface area contributed by atoms with E-state index < -0.39 is 0 Å². The number of fused-ring (bicyclic) bond motifs is 1. The molecule has 1 aromatic heterocycles. The maximum absolute atomic E-state index is 11.7. The zero-order valence-corrected chi connectivity index (χ0v) is 13.5. The van der Waals surface area contributed by atoms with E-state index in [0.29, 0.717) is 13.1 Å². The second-order valence-corrected chi connectivity index (χ2v) is 6.11. The standard InChI is InChI=1S/C19H18N2OS/c22-19(10-9-18-6-3-13-23-18)21-12-11-20-17-8-7-15-4-1-2-5-16(15)14-17/h1-10,13-14,20H,11-12H2,(H,21,22)/b10-9+. The molecule has 3 rings (SSSR count). The van der Waals surface area contributed by atoms with Crippen molar-refractivity contribution in [3.05, 3.63) is 70.9 Å². The lowest BCUT2D eigenvalue weighted by Crippen LogP contribution is -2.27. The molecule has 3 nitrogen and oxygen atoms in total. The number of rotatable bonds is 6. The van der Waals surface area contributed by atoms with Gasteiger partial charge < -0.3 is 10.6 Å². The van der Waals surface area contributed by atoms with Gasteiger partial charge in [-0.1, -0.05) is 36.4 Å². The summed E-state index contributed by atoms with van der Waals surface area (Å²) in [5, 5.41) is 10.6. The van der Waals surface area contributed by atoms with Gasteiger partial charge in [0, 0.05) is 29.7 Å². The van der Waals surface area contributed by atoms with E-state index >= 15 is 0 Å². The molecule has 1 heterocycles. The van der Waals surface area contributed by atoms with Crippen LogP contribution in [0.3, 0.4) is 0 Å². The molecular weight excluding hydrogens is 304 g/mol. The maximum atomic E-state index is 11.7. The zero-order valence-electron chi connectivity index (χ0n) is 12.7. The molecular formula is C19H18N2OS. The van der Waals surface area contributed by atoms with Crippen LogP contribution in [0.15, 0.2) is 66.1 Å². The molecule has 0 aliphatic heterocycles. The van der Waals surface area contributed by atoms with Gasteiger partial charge in [-0.2, -0.15) is 0 Å². The highest BCUT2D eigenvalue weighted by Gasteiger charge is 1.97. The first-order valence-corrected chi connectivity index (χ1v) is 8.41. The van der Waals surface area contributed by atoms with Gasteiger partial charge in [0.15, 0.2) is 0 Å². The number of carbonyl (C=O) groups excluding carboxylic acids is 1. The summed E-state index contributed by atoms with van der Waals surface area (Å²) >= 11 is 1.61. The van der Waals surface area contributed by atoms with Gasteiger partial charge in [-0.05, 0) is 40.4 Å². The van der Waals surface area contributed by atoms with Gasteiger partial charge in [-0.3, -0.25) is 4.79 Å². The average Bonchev–Trinajstić information content (AvgIpc) is 3.10. The van der Waals surface area contributed by atoms with Gasteiger partial charge in [0.1, 0.15) is 0 Å². The molecule has 0 saturated heterocycles. The molecule has 0 radical (unpaired) electrons. The van der Waals surface area contributed by atoms with Crippen molar-refractivity contribution in [3.63, 3.8) is 0 Å². The van der Waals surface area contributed by atoms with Gasteiger partial charge in [0.05, 0.1) is 0 Å². The summed E-state index contributed by atoms with van der Waals surface area (Å²) in [6.45, 7) is 1.28. The zero-order chi connectivity index (χ0) is 15.9. The van der Waals surface area contributed by atoms with Crippen LogP contribution in [-0.2, 0) is 4.79 Å². The molecule has 2 N–H and O–H groups in total. The van der Waals surface area contributed by atoms with Gasteiger partial charge in [-0.15, -0.1) is 11.3 Å². The highest BCUT2D eigenvalue weighted by atomic mass is 32.1. The fourth-order valence-corrected chi connectivity index (χ4v) is 2.91. The number of carbonyl (C=O) groups is 1. The smallest absolute Gasteiger partial charge is 0.244 e. The molecule has 1 amide bonds. The maximum Gasteiger partial charge on any atom is 0.244 e. The van der Waals surface area contributed by atoms with Gasteiger partial charge >= 0.3 is 0 Å². The number of benzene rings is 2. The molecule has 0 saturated carbocycles. The minimum Gasteiger partial charge on any atom is -0.383 e. The van der Waals surface area contributed by atoms with Crippen LogP contribution in [0.1, 0.15) is 4.88 Å². The molecule has 116 valence electrons. The Hall–Kier alpha value is -2.59. The number of amides is 1. The van der Waals surface area contributed by atoms with Crippen LogP contribution < -0.4 is 10.6 Å². The van der Waals surface area contributed by atoms with Crippen molar-refractivity contribution in [2.45, 2.75) is 0 Å². The van der Waals surface area contributed by atoms with Crippen LogP contribution in [0.25, 0.3) is 16.8 Å². The highest BCUT2D eigenvalue weighted by molar-refractivity contribution is 7.10. The van der Waals surface area contributed by atoms with Crippen LogP contribution >= 0.6 is 11.3 Å². The van der Waals surface area contributed by atoms with Crippen molar-refractivity contribution in [2.75, 3.05) is 18.4 Å². The minimum atomic E-state index is -0.0706. The SMILES string of the molecule is O=C(/C=C/c1cccs1)NCCNc1ccc2ccccc2c1. The second kappa shape index (κ2) is 7.61. The largest absolute Gasteiger partial charge is 0.383 e. The van der Waals surface area contributed by atoms with E-state index in [4.69, 9.17) is 0 Å². The lowest BCUT2D eigenvalue weighted by molar-refractivity contribution is -0.116. The van der Waals surface area contributed by atoms with E-state index in [1.54, 1.807) is 17.4 Å². The number of nitrogens with one attached hydrogen (secondary N) is 2. The topological polar surface area (TPSA) is 41.1 Å². The first-order valence-electron chi connectivity index (χ1n) is 7.53. The summed E-state index contributed by atoms with van der Waals surface area (Å²) in [7, 11) is 0. The van der Waals surface area contributed by atoms with Gasteiger partial charge in [-0.25, -0.2) is 0 Å². The molecule has 0 unspecified atom stereocenters. The minimum absolute atomic E-state index is 0.0706. The van der Waals surface area contributed by atoms with E-state index in [-0.39, 0.29) is 5.91 Å². The third kappa shape index (κ3) is 4.44. The highest BCUT2D eigenvalue weighted by Crippen LogP contribution is 2.18. The molecule has 0 aliphatic carbocycles. The summed E-state index contributed by atoms with van der Waals surface area (Å²) in [6.07, 6.45) is 3.40. The average molecular weight is 322 g/mol. The molecule has 0 bridgehead atoms. The van der Waals surface area contributed by atoms with Crippen molar-refractivity contribution in [1.82, 2.24) is 5.32 Å². The second-order valence-electron chi connectivity index (χ2n) is 5.13. The van der Waals surface area contributed by atoms with Crippen molar-refractivity contribution in [1.29, 1.82) is 0 Å². The first-order chi connectivity index (χ1) is 11.3. The predicted octanol–water partition coefficient (Wildman–Crippen LogP) is 4.14. The Morgan fingerprint density at radius 2 is 1.87 bits per heavy atom. The summed E-state index contributed by atoms with van der Waals surface area (Å²) in [5.74, 6) is -0.0706. The van der Waals surface area contributed by atoms with Crippen molar-refractivity contribution >= 4 is 39.8 Å². The molecule has 0 atom stereocenters. The molecule has 0 fully saturated rings. The lowest BCUT2D eigenvalue weighted by Gasteiger charge is -2.08. The van der Waals surface area contributed by atoms with E-state index in [9.17, 15) is 4.79 Å². The van der Waals surface area contributed by atoms with Crippen molar-refractivity contribution in [3.8, 4) is 0 Å². The number of hydrogen-bond acceptors (Lipinski definition) is 3. The number of thiophene rings is 1. The van der Waals surface area contributed by atoms with Crippen LogP contribution in [0.4, 0.5) is 5.69 Å². The third-order valence-electron chi connectivity index (χ3n) is 3.44. The summed E-state index contributed by atoms with van der Waals surface area (Å²) in [5.41, 5.74) is 1.06. The predicted molar refractivity (Wildman–Crippen MR) is 98.8 cm³/mol. The van der Waals surface area contributed by atoms with E-state index in [1.165, 1.54) is 10.8 Å². The van der Waals surface area contributed by atoms with Crippen molar-refractivity contribution < 1.29 is 4.79 Å². The fourth-order valence-electron chi connectivity index (χ4n) is 2.29. The van der Waals surface area contributed by atoms with Gasteiger partial charge in [0.25, 0.3) is 0 Å². The Morgan fingerprint density at radius 3 is 2.70 bits per heavy atom. The fraction of sp³-hybridized carbons (Fsp3) is 0.105. The van der Waals surface area contributed by atoms with Crippen LogP contribution in [0.2, 0.25) is 0 Å². The Kier molecular flexibility index (Phi) is 5.06. The summed E-state index contributed by atoms with van der Waals surface area (Å²) < 4.78 is 0. The van der Waals surface area contributed by atoms with Gasteiger partial charge in [0.2, 0.25) is 5.91 Å². The van der Waals surface area contributed by atoms with E-state index in [2.05, 4.69) is 41.0 Å². The Labute approximate surface area is 139 Å². The Balaban J connectivity index is 1.44. The molecule has 4 heteroatoms. The molecule has 23 heavy (non-hydrogen) atoms. The molecule has 0 spiro atoms. The van der Waals surface area contributed by atoms with Crippen LogP contribution in [0, 0.1) is 0 Å². The monoisotopic (exact) mass is 322 g/mol. The van der Waals surface area contributed by atoms with Crippen LogP contribution in [0.5, 0.6) is 0 Å². The molecule has 0 aliphatic rings. The quantitative estimate of drug-likeness (QED) is 0.529. The molecule has 2 aromatic carbocycles. The summed E-state index contributed by atoms with van der Waals surface area (Å²) in [4.78, 5) is 12.8. The number of anilines is 1. The van der Waals surface area contributed by atoms with E-state index in [0.717, 1.165) is 10.6 Å².